The van der Waals surface area contributed by atoms with Crippen molar-refractivity contribution in [2.24, 2.45) is 5.73 Å². The number of aryl methyl sites for hydroxylation is 1. The number of anilines is 1. The maximum Gasteiger partial charge on any atom is 0.129 e. The maximum absolute atomic E-state index is 8.94. The molecule has 88 valence electrons. The van der Waals surface area contributed by atoms with E-state index in [0.717, 1.165) is 18.1 Å². The molecule has 0 unspecified atom stereocenters. The summed E-state index contributed by atoms with van der Waals surface area (Å²) in [6.07, 6.45) is 0. The Morgan fingerprint density at radius 1 is 1.56 bits per heavy atom. The predicted molar refractivity (Wildman–Crippen MR) is 65.0 cm³/mol. The zero-order chi connectivity index (χ0) is 12.1. The standard InChI is InChI=1S/C11H18N4O/c1-3-15(4-5-16)10-7-9(11(12)13)6-8(2)14-10/h6-7,16H,3-5H2,1-2H3,(H3,12,13). The van der Waals surface area contributed by atoms with Crippen molar-refractivity contribution in [2.75, 3.05) is 24.6 Å². The van der Waals surface area contributed by atoms with Gasteiger partial charge in [-0.1, -0.05) is 0 Å². The van der Waals surface area contributed by atoms with Crippen molar-refractivity contribution in [1.82, 2.24) is 4.98 Å². The van der Waals surface area contributed by atoms with Crippen LogP contribution in [0.15, 0.2) is 12.1 Å². The molecule has 1 rings (SSSR count). The minimum absolute atomic E-state index is 0.0341. The number of hydrogen-bond acceptors (Lipinski definition) is 4. The normalized spacial score (nSPS) is 10.2. The molecule has 0 saturated heterocycles. The number of hydrogen-bond donors (Lipinski definition) is 3. The van der Waals surface area contributed by atoms with E-state index in [1.807, 2.05) is 18.7 Å². The molecule has 0 spiro atoms. The third kappa shape index (κ3) is 2.93. The third-order valence-corrected chi connectivity index (χ3v) is 2.33. The maximum atomic E-state index is 8.94. The molecular formula is C11H18N4O. The lowest BCUT2D eigenvalue weighted by atomic mass is 10.2. The van der Waals surface area contributed by atoms with Crippen molar-refractivity contribution in [3.8, 4) is 0 Å². The number of rotatable bonds is 5. The number of aliphatic hydroxyl groups is 1. The molecule has 1 aromatic rings. The van der Waals surface area contributed by atoms with E-state index in [9.17, 15) is 0 Å². The summed E-state index contributed by atoms with van der Waals surface area (Å²) in [5, 5.41) is 16.4. The highest BCUT2D eigenvalue weighted by atomic mass is 16.3. The summed E-state index contributed by atoms with van der Waals surface area (Å²) in [7, 11) is 0. The molecule has 4 N–H and O–H groups in total. The number of nitrogens with two attached hydrogens (primary N) is 1. The van der Waals surface area contributed by atoms with Gasteiger partial charge in [-0.25, -0.2) is 4.98 Å². The molecule has 0 amide bonds. The van der Waals surface area contributed by atoms with Crippen LogP contribution in [0.5, 0.6) is 0 Å². The molecule has 0 aliphatic carbocycles. The van der Waals surface area contributed by atoms with E-state index in [2.05, 4.69) is 4.98 Å². The van der Waals surface area contributed by atoms with E-state index in [1.54, 1.807) is 12.1 Å². The second-order valence-corrected chi connectivity index (χ2v) is 3.57. The van der Waals surface area contributed by atoms with Crippen LogP contribution < -0.4 is 10.6 Å². The van der Waals surface area contributed by atoms with E-state index in [4.69, 9.17) is 16.2 Å². The van der Waals surface area contributed by atoms with Gasteiger partial charge in [0.2, 0.25) is 0 Å². The summed E-state index contributed by atoms with van der Waals surface area (Å²) < 4.78 is 0. The molecule has 0 fully saturated rings. The van der Waals surface area contributed by atoms with Gasteiger partial charge in [0.25, 0.3) is 0 Å². The number of amidine groups is 1. The Morgan fingerprint density at radius 2 is 2.25 bits per heavy atom. The van der Waals surface area contributed by atoms with Gasteiger partial charge in [-0.15, -0.1) is 0 Å². The van der Waals surface area contributed by atoms with Gasteiger partial charge in [0.05, 0.1) is 6.61 Å². The van der Waals surface area contributed by atoms with Crippen LogP contribution in [0.2, 0.25) is 0 Å². The van der Waals surface area contributed by atoms with Crippen molar-refractivity contribution in [3.05, 3.63) is 23.4 Å². The number of nitrogens with one attached hydrogen (secondary N) is 1. The molecule has 5 nitrogen and oxygen atoms in total. The van der Waals surface area contributed by atoms with Crippen molar-refractivity contribution in [1.29, 1.82) is 5.41 Å². The summed E-state index contributed by atoms with van der Waals surface area (Å²) in [6.45, 7) is 5.23. The molecule has 0 aliphatic rings. The van der Waals surface area contributed by atoms with Crippen LogP contribution in [0.1, 0.15) is 18.2 Å². The Hall–Kier alpha value is -1.62. The second-order valence-electron chi connectivity index (χ2n) is 3.57. The molecule has 0 radical (unpaired) electrons. The number of aliphatic hydroxyl groups excluding tert-OH is 1. The summed E-state index contributed by atoms with van der Waals surface area (Å²) in [4.78, 5) is 6.31. The lowest BCUT2D eigenvalue weighted by molar-refractivity contribution is 0.302. The monoisotopic (exact) mass is 222 g/mol. The minimum Gasteiger partial charge on any atom is -0.395 e. The van der Waals surface area contributed by atoms with Gasteiger partial charge in [0.1, 0.15) is 11.7 Å². The molecule has 5 heteroatoms. The Kier molecular flexibility index (Phi) is 4.25. The highest BCUT2D eigenvalue weighted by Crippen LogP contribution is 2.14. The molecule has 0 bridgehead atoms. The Labute approximate surface area is 95.4 Å². The fraction of sp³-hybridized carbons (Fsp3) is 0.455. The number of aromatic nitrogens is 1. The number of nitrogen functional groups attached to an aromatic ring is 1. The lowest BCUT2D eigenvalue weighted by Crippen LogP contribution is -2.27. The lowest BCUT2D eigenvalue weighted by Gasteiger charge is -2.21. The molecular weight excluding hydrogens is 204 g/mol. The molecule has 1 aromatic heterocycles. The third-order valence-electron chi connectivity index (χ3n) is 2.33. The average Bonchev–Trinajstić information content (AvgIpc) is 2.24. The van der Waals surface area contributed by atoms with E-state index in [1.165, 1.54) is 0 Å². The number of likely N-dealkylation sites (N-methyl/N-ethyl adjacent to an activating group) is 1. The molecule has 0 atom stereocenters. The van der Waals surface area contributed by atoms with E-state index in [-0.39, 0.29) is 12.4 Å². The minimum atomic E-state index is 0.0341. The first-order chi connectivity index (χ1) is 7.58. The van der Waals surface area contributed by atoms with Gasteiger partial charge in [-0.2, -0.15) is 0 Å². The molecule has 0 aromatic carbocycles. The molecule has 16 heavy (non-hydrogen) atoms. The van der Waals surface area contributed by atoms with Crippen LogP contribution in [0.4, 0.5) is 5.82 Å². The second kappa shape index (κ2) is 5.46. The smallest absolute Gasteiger partial charge is 0.129 e. The van der Waals surface area contributed by atoms with Crippen LogP contribution in [-0.2, 0) is 0 Å². The Morgan fingerprint density at radius 3 is 2.75 bits per heavy atom. The Balaban J connectivity index is 3.07. The quantitative estimate of drug-likeness (QED) is 0.500. The average molecular weight is 222 g/mol. The van der Waals surface area contributed by atoms with Crippen LogP contribution in [0, 0.1) is 12.3 Å². The van der Waals surface area contributed by atoms with E-state index < -0.39 is 0 Å². The molecule has 1 heterocycles. The zero-order valence-electron chi connectivity index (χ0n) is 9.70. The number of pyridine rings is 1. The van der Waals surface area contributed by atoms with Gasteiger partial charge in [0, 0.05) is 24.3 Å². The fourth-order valence-electron chi connectivity index (χ4n) is 1.52. The van der Waals surface area contributed by atoms with Crippen molar-refractivity contribution in [3.63, 3.8) is 0 Å². The first-order valence-electron chi connectivity index (χ1n) is 5.27. The topological polar surface area (TPSA) is 86.2 Å². The summed E-state index contributed by atoms with van der Waals surface area (Å²) in [5.41, 5.74) is 6.94. The highest BCUT2D eigenvalue weighted by molar-refractivity contribution is 5.95. The molecule has 0 saturated carbocycles. The first kappa shape index (κ1) is 12.4. The van der Waals surface area contributed by atoms with Crippen molar-refractivity contribution >= 4 is 11.7 Å². The van der Waals surface area contributed by atoms with Crippen LogP contribution in [0.3, 0.4) is 0 Å². The van der Waals surface area contributed by atoms with Crippen LogP contribution in [0.25, 0.3) is 0 Å². The van der Waals surface area contributed by atoms with Gasteiger partial charge in [0.15, 0.2) is 0 Å². The van der Waals surface area contributed by atoms with Crippen LogP contribution in [-0.4, -0.2) is 35.6 Å². The highest BCUT2D eigenvalue weighted by Gasteiger charge is 2.08. The molecule has 0 aliphatic heterocycles. The summed E-state index contributed by atoms with van der Waals surface area (Å²) in [5.74, 6) is 0.786. The summed E-state index contributed by atoms with van der Waals surface area (Å²) in [6, 6.07) is 3.55. The largest absolute Gasteiger partial charge is 0.395 e. The van der Waals surface area contributed by atoms with Crippen LogP contribution >= 0.6 is 0 Å². The zero-order valence-corrected chi connectivity index (χ0v) is 9.70. The summed E-state index contributed by atoms with van der Waals surface area (Å²) >= 11 is 0. The Bertz CT molecular complexity index is 378. The number of nitrogens with zero attached hydrogens (tertiary/aromatic N) is 2. The van der Waals surface area contributed by atoms with Gasteiger partial charge in [-0.05, 0) is 26.0 Å². The fourth-order valence-corrected chi connectivity index (χ4v) is 1.52. The van der Waals surface area contributed by atoms with Gasteiger partial charge < -0.3 is 15.7 Å². The predicted octanol–water partition coefficient (Wildman–Crippen LogP) is 0.493. The van der Waals surface area contributed by atoms with E-state index >= 15 is 0 Å². The van der Waals surface area contributed by atoms with Crippen molar-refractivity contribution < 1.29 is 5.11 Å². The van der Waals surface area contributed by atoms with Crippen molar-refractivity contribution in [2.45, 2.75) is 13.8 Å². The first-order valence-corrected chi connectivity index (χ1v) is 5.27. The van der Waals surface area contributed by atoms with E-state index in [0.29, 0.717) is 12.1 Å². The van der Waals surface area contributed by atoms with Gasteiger partial charge in [-0.3, -0.25) is 5.41 Å². The SMILES string of the molecule is CCN(CCO)c1cc(C(=N)N)cc(C)n1. The van der Waals surface area contributed by atoms with Gasteiger partial charge >= 0.3 is 0 Å².